The molecule has 4 nitrogen and oxygen atoms in total. The number of benzene rings is 1. The topological polar surface area (TPSA) is 50.7 Å². The number of nitrogens with one attached hydrogen (secondary N) is 1. The van der Waals surface area contributed by atoms with E-state index in [0.29, 0.717) is 42.8 Å². The van der Waals surface area contributed by atoms with Crippen molar-refractivity contribution >= 4 is 11.6 Å². The van der Waals surface area contributed by atoms with E-state index < -0.39 is 5.60 Å². The van der Waals surface area contributed by atoms with E-state index in [0.717, 1.165) is 24.8 Å². The molecule has 0 aliphatic carbocycles. The first-order valence-corrected chi connectivity index (χ1v) is 7.97. The summed E-state index contributed by atoms with van der Waals surface area (Å²) in [7, 11) is 0. The Morgan fingerprint density at radius 1 is 1.24 bits per heavy atom. The van der Waals surface area contributed by atoms with Crippen molar-refractivity contribution in [2.75, 3.05) is 19.8 Å². The minimum absolute atomic E-state index is 0.562. The van der Waals surface area contributed by atoms with Gasteiger partial charge in [0.05, 0.1) is 23.8 Å². The second-order valence-electron chi connectivity index (χ2n) is 5.49. The summed E-state index contributed by atoms with van der Waals surface area (Å²) in [5.74, 6) is 1.34. The Bertz CT molecular complexity index is 475. The first-order valence-electron chi connectivity index (χ1n) is 7.59. The van der Waals surface area contributed by atoms with Gasteiger partial charge in [0.15, 0.2) is 11.5 Å². The molecule has 1 aliphatic heterocycles. The Morgan fingerprint density at radius 2 is 1.95 bits per heavy atom. The molecule has 0 aromatic heterocycles. The van der Waals surface area contributed by atoms with Crippen molar-refractivity contribution in [1.82, 2.24) is 5.32 Å². The summed E-state index contributed by atoms with van der Waals surface area (Å²) in [5, 5.41) is 14.1. The molecule has 1 aliphatic rings. The summed E-state index contributed by atoms with van der Waals surface area (Å²) in [6, 6.07) is 3.84. The summed E-state index contributed by atoms with van der Waals surface area (Å²) < 4.78 is 11.3. The lowest BCUT2D eigenvalue weighted by molar-refractivity contribution is 0.0323. The Kier molecular flexibility index (Phi) is 5.73. The molecule has 5 heteroatoms. The quantitative estimate of drug-likeness (QED) is 0.847. The SMILES string of the molecule is CCC(O)(CC)CNCc1cc(Cl)c2c(c1)OCCCO2. The zero-order valence-electron chi connectivity index (χ0n) is 12.7. The fourth-order valence-corrected chi connectivity index (χ4v) is 2.61. The highest BCUT2D eigenvalue weighted by atomic mass is 35.5. The smallest absolute Gasteiger partial charge is 0.179 e. The van der Waals surface area contributed by atoms with Crippen LogP contribution in [0.1, 0.15) is 38.7 Å². The minimum atomic E-state index is -0.644. The van der Waals surface area contributed by atoms with E-state index in [-0.39, 0.29) is 0 Å². The Labute approximate surface area is 131 Å². The normalized spacial score (nSPS) is 14.9. The van der Waals surface area contributed by atoms with E-state index in [9.17, 15) is 5.11 Å². The standard InChI is InChI=1S/C16H24ClNO3/c1-3-16(19,4-2)11-18-10-12-8-13(17)15-14(9-12)20-6-5-7-21-15/h8-9,18-19H,3-7,10-11H2,1-2H3. The molecule has 0 radical (unpaired) electrons. The molecular weight excluding hydrogens is 290 g/mol. The van der Waals surface area contributed by atoms with Crippen LogP contribution >= 0.6 is 11.6 Å². The van der Waals surface area contributed by atoms with Crippen LogP contribution in [-0.4, -0.2) is 30.5 Å². The third-order valence-electron chi connectivity index (χ3n) is 3.96. The van der Waals surface area contributed by atoms with Gasteiger partial charge in [-0.2, -0.15) is 0 Å². The lowest BCUT2D eigenvalue weighted by Gasteiger charge is -2.25. The van der Waals surface area contributed by atoms with Gasteiger partial charge in [0, 0.05) is 19.5 Å². The summed E-state index contributed by atoms with van der Waals surface area (Å²) in [6.07, 6.45) is 2.33. The van der Waals surface area contributed by atoms with Crippen molar-refractivity contribution < 1.29 is 14.6 Å². The molecule has 1 aromatic carbocycles. The molecule has 0 bridgehead atoms. The van der Waals surface area contributed by atoms with Gasteiger partial charge in [-0.3, -0.25) is 0 Å². The van der Waals surface area contributed by atoms with E-state index in [4.69, 9.17) is 21.1 Å². The molecule has 0 unspecified atom stereocenters. The molecule has 2 rings (SSSR count). The van der Waals surface area contributed by atoms with Gasteiger partial charge in [-0.1, -0.05) is 25.4 Å². The van der Waals surface area contributed by atoms with Crippen LogP contribution in [0, 0.1) is 0 Å². The first kappa shape index (κ1) is 16.4. The van der Waals surface area contributed by atoms with Crippen LogP contribution in [0.3, 0.4) is 0 Å². The molecule has 21 heavy (non-hydrogen) atoms. The number of halogens is 1. The second kappa shape index (κ2) is 7.34. The largest absolute Gasteiger partial charge is 0.489 e. The second-order valence-corrected chi connectivity index (χ2v) is 5.90. The first-order chi connectivity index (χ1) is 10.1. The third-order valence-corrected chi connectivity index (χ3v) is 4.24. The van der Waals surface area contributed by atoms with E-state index in [2.05, 4.69) is 5.32 Å². The summed E-state index contributed by atoms with van der Waals surface area (Å²) in [5.41, 5.74) is 0.383. The van der Waals surface area contributed by atoms with Crippen LogP contribution in [0.5, 0.6) is 11.5 Å². The molecule has 0 atom stereocenters. The van der Waals surface area contributed by atoms with Gasteiger partial charge in [0.2, 0.25) is 0 Å². The third kappa shape index (κ3) is 4.25. The van der Waals surface area contributed by atoms with Gasteiger partial charge in [-0.25, -0.2) is 0 Å². The number of hydrogen-bond acceptors (Lipinski definition) is 4. The maximum Gasteiger partial charge on any atom is 0.179 e. The van der Waals surface area contributed by atoms with Crippen LogP contribution in [-0.2, 0) is 6.54 Å². The molecule has 0 amide bonds. The van der Waals surface area contributed by atoms with Crippen molar-refractivity contribution in [3.8, 4) is 11.5 Å². The zero-order valence-corrected chi connectivity index (χ0v) is 13.5. The van der Waals surface area contributed by atoms with Crippen molar-refractivity contribution in [2.24, 2.45) is 0 Å². The Hall–Kier alpha value is -0.970. The highest BCUT2D eigenvalue weighted by Crippen LogP contribution is 2.37. The van der Waals surface area contributed by atoms with Gasteiger partial charge >= 0.3 is 0 Å². The Morgan fingerprint density at radius 3 is 2.67 bits per heavy atom. The van der Waals surface area contributed by atoms with Crippen molar-refractivity contribution in [1.29, 1.82) is 0 Å². The maximum atomic E-state index is 10.3. The highest BCUT2D eigenvalue weighted by molar-refractivity contribution is 6.32. The number of aliphatic hydroxyl groups is 1. The van der Waals surface area contributed by atoms with Crippen molar-refractivity contribution in [2.45, 2.75) is 45.3 Å². The molecule has 1 heterocycles. The van der Waals surface area contributed by atoms with Gasteiger partial charge in [0.1, 0.15) is 0 Å². The van der Waals surface area contributed by atoms with E-state index in [1.54, 1.807) is 0 Å². The molecule has 0 spiro atoms. The molecule has 0 fully saturated rings. The molecule has 1 aromatic rings. The van der Waals surface area contributed by atoms with Crippen molar-refractivity contribution in [3.63, 3.8) is 0 Å². The fraction of sp³-hybridized carbons (Fsp3) is 0.625. The number of rotatable bonds is 6. The van der Waals surface area contributed by atoms with Gasteiger partial charge in [0.25, 0.3) is 0 Å². The molecule has 0 saturated carbocycles. The molecular formula is C16H24ClNO3. The van der Waals surface area contributed by atoms with E-state index >= 15 is 0 Å². The minimum Gasteiger partial charge on any atom is -0.489 e. The Balaban J connectivity index is 2.01. The fourth-order valence-electron chi connectivity index (χ4n) is 2.33. The van der Waals surface area contributed by atoms with Gasteiger partial charge < -0.3 is 19.9 Å². The predicted molar refractivity (Wildman–Crippen MR) is 84.3 cm³/mol. The number of fused-ring (bicyclic) bond motifs is 1. The van der Waals surface area contributed by atoms with Crippen LogP contribution in [0.4, 0.5) is 0 Å². The lowest BCUT2D eigenvalue weighted by atomic mass is 9.97. The van der Waals surface area contributed by atoms with Crippen molar-refractivity contribution in [3.05, 3.63) is 22.7 Å². The monoisotopic (exact) mass is 313 g/mol. The molecule has 0 saturated heterocycles. The van der Waals surface area contributed by atoms with Gasteiger partial charge in [-0.05, 0) is 30.5 Å². The summed E-state index contributed by atoms with van der Waals surface area (Å²) >= 11 is 6.26. The average Bonchev–Trinajstić information content (AvgIpc) is 2.73. The summed E-state index contributed by atoms with van der Waals surface area (Å²) in [4.78, 5) is 0. The predicted octanol–water partition coefficient (Wildman–Crippen LogP) is 3.14. The lowest BCUT2D eigenvalue weighted by Crippen LogP contribution is -2.39. The van der Waals surface area contributed by atoms with Crippen LogP contribution in [0.2, 0.25) is 5.02 Å². The van der Waals surface area contributed by atoms with Gasteiger partial charge in [-0.15, -0.1) is 0 Å². The van der Waals surface area contributed by atoms with E-state index in [1.807, 2.05) is 26.0 Å². The van der Waals surface area contributed by atoms with Crippen LogP contribution < -0.4 is 14.8 Å². The molecule has 2 N–H and O–H groups in total. The number of ether oxygens (including phenoxy) is 2. The molecule has 118 valence electrons. The summed E-state index contributed by atoms with van der Waals surface area (Å²) in [6.45, 7) is 6.46. The maximum absolute atomic E-state index is 10.3. The zero-order chi connectivity index (χ0) is 15.3. The van der Waals surface area contributed by atoms with Crippen LogP contribution in [0.15, 0.2) is 12.1 Å². The highest BCUT2D eigenvalue weighted by Gasteiger charge is 2.21. The average molecular weight is 314 g/mol. The number of hydrogen-bond donors (Lipinski definition) is 2. The van der Waals surface area contributed by atoms with Crippen LogP contribution in [0.25, 0.3) is 0 Å². The van der Waals surface area contributed by atoms with E-state index in [1.165, 1.54) is 0 Å².